The van der Waals surface area contributed by atoms with Crippen molar-refractivity contribution in [3.8, 4) is 17.7 Å². The minimum atomic E-state index is 0.0998. The van der Waals surface area contributed by atoms with Gasteiger partial charge in [-0.15, -0.1) is 0 Å². The van der Waals surface area contributed by atoms with E-state index in [1.807, 2.05) is 24.3 Å². The van der Waals surface area contributed by atoms with Gasteiger partial charge in [0.25, 0.3) is 0 Å². The molecule has 0 amide bonds. The first kappa shape index (κ1) is 12.0. The Balaban J connectivity index is 2.15. The highest BCUT2D eigenvalue weighted by Gasteiger charge is 2.18. The van der Waals surface area contributed by atoms with Crippen LogP contribution in [0, 0.1) is 18.3 Å². The van der Waals surface area contributed by atoms with Crippen LogP contribution in [0.5, 0.6) is 11.6 Å². The molecule has 0 saturated heterocycles. The molecule has 0 radical (unpaired) electrons. The zero-order valence-electron chi connectivity index (χ0n) is 10.6. The largest absolute Gasteiger partial charge is 0.442 e. The Hall–Kier alpha value is -3.07. The lowest BCUT2D eigenvalue weighted by molar-refractivity contribution is 0.446. The highest BCUT2D eigenvalue weighted by molar-refractivity contribution is 5.86. The smallest absolute Gasteiger partial charge is 0.247 e. The van der Waals surface area contributed by atoms with Crippen LogP contribution in [-0.4, -0.2) is 9.97 Å². The molecule has 0 aliphatic heterocycles. The molecule has 0 atom stereocenters. The molecule has 20 heavy (non-hydrogen) atoms. The van der Waals surface area contributed by atoms with Crippen molar-refractivity contribution < 1.29 is 9.15 Å². The van der Waals surface area contributed by atoms with E-state index in [9.17, 15) is 0 Å². The lowest BCUT2D eigenvalue weighted by Crippen LogP contribution is -1.99. The third-order valence-electron chi connectivity index (χ3n) is 2.93. The highest BCUT2D eigenvalue weighted by Crippen LogP contribution is 2.36. The van der Waals surface area contributed by atoms with Crippen molar-refractivity contribution in [3.63, 3.8) is 0 Å². The first-order valence-corrected chi connectivity index (χ1v) is 5.87. The van der Waals surface area contributed by atoms with Crippen LogP contribution in [0.1, 0.15) is 11.3 Å². The van der Waals surface area contributed by atoms with Gasteiger partial charge in [-0.1, -0.05) is 12.1 Å². The standard InChI is InChI=1S/C14H10N4O2/c1-8-13(16)17-7-18-14(8)20-12-9-4-2-3-5-10(9)19-11(12)6-15/h2-5,7H,1H3,(H2,16,17,18). The molecule has 0 saturated carbocycles. The van der Waals surface area contributed by atoms with Gasteiger partial charge in [0.15, 0.2) is 5.75 Å². The fourth-order valence-electron chi connectivity index (χ4n) is 1.84. The Bertz CT molecular complexity index is 833. The Morgan fingerprint density at radius 1 is 1.30 bits per heavy atom. The number of nitriles is 1. The molecule has 3 rings (SSSR count). The molecule has 0 fully saturated rings. The molecule has 6 heteroatoms. The van der Waals surface area contributed by atoms with E-state index >= 15 is 0 Å². The second-order valence-electron chi connectivity index (χ2n) is 4.16. The summed E-state index contributed by atoms with van der Waals surface area (Å²) in [6.45, 7) is 1.75. The topological polar surface area (TPSA) is 98.0 Å². The molecular formula is C14H10N4O2. The number of hydrogen-bond donors (Lipinski definition) is 1. The number of benzene rings is 1. The maximum atomic E-state index is 9.14. The quantitative estimate of drug-likeness (QED) is 0.765. The van der Waals surface area contributed by atoms with Crippen molar-refractivity contribution in [2.45, 2.75) is 6.92 Å². The molecule has 6 nitrogen and oxygen atoms in total. The molecular weight excluding hydrogens is 256 g/mol. The van der Waals surface area contributed by atoms with E-state index in [2.05, 4.69) is 9.97 Å². The van der Waals surface area contributed by atoms with E-state index in [0.29, 0.717) is 34.0 Å². The lowest BCUT2D eigenvalue weighted by atomic mass is 10.2. The predicted molar refractivity (Wildman–Crippen MR) is 72.2 cm³/mol. The Morgan fingerprint density at radius 2 is 2.10 bits per heavy atom. The van der Waals surface area contributed by atoms with Crippen LogP contribution in [0.4, 0.5) is 5.82 Å². The van der Waals surface area contributed by atoms with Crippen LogP contribution in [0.3, 0.4) is 0 Å². The second kappa shape index (κ2) is 4.55. The number of para-hydroxylation sites is 1. The number of anilines is 1. The van der Waals surface area contributed by atoms with E-state index in [0.717, 1.165) is 0 Å². The van der Waals surface area contributed by atoms with Gasteiger partial charge >= 0.3 is 0 Å². The number of ether oxygens (including phenoxy) is 1. The normalized spacial score (nSPS) is 10.4. The zero-order chi connectivity index (χ0) is 14.1. The molecule has 1 aromatic carbocycles. The number of aromatic nitrogens is 2. The maximum absolute atomic E-state index is 9.14. The molecule has 98 valence electrons. The summed E-state index contributed by atoms with van der Waals surface area (Å²) in [5.41, 5.74) is 6.91. The van der Waals surface area contributed by atoms with Gasteiger partial charge in [-0.25, -0.2) is 9.97 Å². The number of furan rings is 1. The minimum absolute atomic E-state index is 0.0998. The summed E-state index contributed by atoms with van der Waals surface area (Å²) in [6, 6.07) is 9.22. The van der Waals surface area contributed by atoms with E-state index in [-0.39, 0.29) is 5.76 Å². The molecule has 0 bridgehead atoms. The van der Waals surface area contributed by atoms with Crippen molar-refractivity contribution >= 4 is 16.8 Å². The SMILES string of the molecule is Cc1c(N)ncnc1Oc1c(C#N)oc2ccccc12. The van der Waals surface area contributed by atoms with Gasteiger partial charge in [-0.2, -0.15) is 5.26 Å². The summed E-state index contributed by atoms with van der Waals surface area (Å²) >= 11 is 0. The van der Waals surface area contributed by atoms with Gasteiger partial charge in [0, 0.05) is 0 Å². The van der Waals surface area contributed by atoms with E-state index in [4.69, 9.17) is 20.1 Å². The van der Waals surface area contributed by atoms with Crippen LogP contribution >= 0.6 is 0 Å². The van der Waals surface area contributed by atoms with Gasteiger partial charge < -0.3 is 14.9 Å². The van der Waals surface area contributed by atoms with E-state index < -0.39 is 0 Å². The zero-order valence-corrected chi connectivity index (χ0v) is 10.6. The van der Waals surface area contributed by atoms with Crippen molar-refractivity contribution in [1.82, 2.24) is 9.97 Å². The molecule has 2 heterocycles. The molecule has 0 unspecified atom stereocenters. The third kappa shape index (κ3) is 1.82. The molecule has 0 aliphatic carbocycles. The number of hydrogen-bond acceptors (Lipinski definition) is 6. The van der Waals surface area contributed by atoms with Crippen molar-refractivity contribution in [2.24, 2.45) is 0 Å². The van der Waals surface area contributed by atoms with Gasteiger partial charge in [0.05, 0.1) is 10.9 Å². The average molecular weight is 266 g/mol. The second-order valence-corrected chi connectivity index (χ2v) is 4.16. The Morgan fingerprint density at radius 3 is 2.90 bits per heavy atom. The van der Waals surface area contributed by atoms with Crippen LogP contribution in [-0.2, 0) is 0 Å². The van der Waals surface area contributed by atoms with Crippen LogP contribution in [0.25, 0.3) is 11.0 Å². The summed E-state index contributed by atoms with van der Waals surface area (Å²) in [5.74, 6) is 1.08. The number of rotatable bonds is 2. The third-order valence-corrected chi connectivity index (χ3v) is 2.93. The van der Waals surface area contributed by atoms with E-state index in [1.54, 1.807) is 13.0 Å². The number of nitrogen functional groups attached to an aromatic ring is 1. The summed E-state index contributed by atoms with van der Waals surface area (Å²) in [7, 11) is 0. The highest BCUT2D eigenvalue weighted by atomic mass is 16.5. The number of fused-ring (bicyclic) bond motifs is 1. The van der Waals surface area contributed by atoms with Gasteiger partial charge in [-0.05, 0) is 19.1 Å². The first-order valence-electron chi connectivity index (χ1n) is 5.87. The lowest BCUT2D eigenvalue weighted by Gasteiger charge is -2.07. The summed E-state index contributed by atoms with van der Waals surface area (Å²) in [4.78, 5) is 7.90. The number of nitrogens with zero attached hydrogens (tertiary/aromatic N) is 3. The molecule has 3 aromatic rings. The molecule has 2 aromatic heterocycles. The van der Waals surface area contributed by atoms with Crippen molar-refractivity contribution in [1.29, 1.82) is 5.26 Å². The number of nitrogens with two attached hydrogens (primary N) is 1. The average Bonchev–Trinajstić information content (AvgIpc) is 2.82. The van der Waals surface area contributed by atoms with Crippen LogP contribution < -0.4 is 10.5 Å². The first-order chi connectivity index (χ1) is 9.70. The summed E-state index contributed by atoms with van der Waals surface area (Å²) in [5, 5.41) is 9.85. The van der Waals surface area contributed by atoms with Crippen LogP contribution in [0.2, 0.25) is 0 Å². The molecule has 0 spiro atoms. The molecule has 2 N–H and O–H groups in total. The molecule has 0 aliphatic rings. The van der Waals surface area contributed by atoms with Gasteiger partial charge in [0.2, 0.25) is 11.6 Å². The summed E-state index contributed by atoms with van der Waals surface area (Å²) in [6.07, 6.45) is 1.31. The summed E-state index contributed by atoms with van der Waals surface area (Å²) < 4.78 is 11.1. The Kier molecular flexibility index (Phi) is 2.73. The predicted octanol–water partition coefficient (Wildman–Crippen LogP) is 2.78. The minimum Gasteiger partial charge on any atom is -0.442 e. The monoisotopic (exact) mass is 266 g/mol. The fourth-order valence-corrected chi connectivity index (χ4v) is 1.84. The van der Waals surface area contributed by atoms with Crippen molar-refractivity contribution in [2.75, 3.05) is 5.73 Å². The Labute approximate surface area is 114 Å². The van der Waals surface area contributed by atoms with E-state index in [1.165, 1.54) is 6.33 Å². The van der Waals surface area contributed by atoms with Crippen LogP contribution in [0.15, 0.2) is 35.0 Å². The van der Waals surface area contributed by atoms with Crippen molar-refractivity contribution in [3.05, 3.63) is 41.9 Å². The fraction of sp³-hybridized carbons (Fsp3) is 0.0714. The van der Waals surface area contributed by atoms with Gasteiger partial charge in [0.1, 0.15) is 23.8 Å². The van der Waals surface area contributed by atoms with Gasteiger partial charge in [-0.3, -0.25) is 0 Å². The maximum Gasteiger partial charge on any atom is 0.247 e.